The molecule has 1 aromatic rings. The minimum absolute atomic E-state index is 0.139. The van der Waals surface area contributed by atoms with E-state index < -0.39 is 6.10 Å². The van der Waals surface area contributed by atoms with E-state index in [1.807, 2.05) is 24.0 Å². The molecular formula is C31H65N9O2. The molecule has 0 spiro atoms. The fourth-order valence-electron chi connectivity index (χ4n) is 4.28. The molecule has 0 aliphatic carbocycles. The molecule has 0 aromatic carbocycles. The van der Waals surface area contributed by atoms with Gasteiger partial charge in [-0.2, -0.15) is 0 Å². The molecule has 2 N–H and O–H groups in total. The topological polar surface area (TPSA) is 81.0 Å². The Balaban J connectivity index is 0.000000485. The number of aryl methyl sites for hydroxylation is 1. The Hall–Kier alpha value is -1.83. The maximum atomic E-state index is 8.11. The quantitative estimate of drug-likeness (QED) is 0.499. The van der Waals surface area contributed by atoms with Crippen LogP contribution in [-0.2, 0) is 7.05 Å². The third kappa shape index (κ3) is 22.7. The van der Waals surface area contributed by atoms with Crippen molar-refractivity contribution in [2.24, 2.45) is 13.0 Å². The van der Waals surface area contributed by atoms with Crippen molar-refractivity contribution in [2.75, 3.05) is 121 Å². The lowest BCUT2D eigenvalue weighted by Gasteiger charge is -2.26. The Morgan fingerprint density at radius 2 is 1.17 bits per heavy atom. The van der Waals surface area contributed by atoms with Crippen molar-refractivity contribution in [2.45, 2.75) is 25.9 Å². The minimum atomic E-state index is -0.560. The van der Waals surface area contributed by atoms with E-state index in [1.54, 1.807) is 12.5 Å². The Morgan fingerprint density at radius 1 is 0.738 bits per heavy atom. The maximum absolute atomic E-state index is 8.11. The lowest BCUT2D eigenvalue weighted by molar-refractivity contribution is 0.110. The molecule has 11 nitrogen and oxygen atoms in total. The number of piperidine rings is 1. The molecule has 1 unspecified atom stereocenters. The third-order valence-electron chi connectivity index (χ3n) is 7.14. The van der Waals surface area contributed by atoms with Gasteiger partial charge in [0, 0.05) is 58.7 Å². The highest BCUT2D eigenvalue weighted by Gasteiger charge is 2.13. The predicted octanol–water partition coefficient (Wildman–Crippen LogP) is 1.27. The number of aliphatic hydroxyl groups excluding tert-OH is 2. The van der Waals surface area contributed by atoms with Crippen molar-refractivity contribution in [1.29, 1.82) is 0 Å². The van der Waals surface area contributed by atoms with Crippen LogP contribution in [0.3, 0.4) is 0 Å². The van der Waals surface area contributed by atoms with Crippen LogP contribution in [0.15, 0.2) is 44.2 Å². The van der Waals surface area contributed by atoms with Gasteiger partial charge in [-0.15, -0.1) is 6.58 Å². The van der Waals surface area contributed by atoms with Gasteiger partial charge in [0.1, 0.15) is 0 Å². The number of rotatable bonds is 3. The Labute approximate surface area is 258 Å². The van der Waals surface area contributed by atoms with Gasteiger partial charge >= 0.3 is 0 Å². The smallest absolute Gasteiger partial charge is 0.0943 e. The Kier molecular flexibility index (Phi) is 23.5. The van der Waals surface area contributed by atoms with E-state index in [0.29, 0.717) is 0 Å². The van der Waals surface area contributed by atoms with Crippen LogP contribution in [0.25, 0.3) is 0 Å². The predicted molar refractivity (Wildman–Crippen MR) is 177 cm³/mol. The summed E-state index contributed by atoms with van der Waals surface area (Å²) in [4.78, 5) is 19.8. The van der Waals surface area contributed by atoms with Crippen LogP contribution in [-0.4, -0.2) is 181 Å². The number of allylic oxidation sites excluding steroid dienone is 1. The molecule has 0 bridgehead atoms. The number of hydrogen-bond donors (Lipinski definition) is 2. The first kappa shape index (κ1) is 40.2. The lowest BCUT2D eigenvalue weighted by atomic mass is 9.98. The summed E-state index contributed by atoms with van der Waals surface area (Å²) in [7, 11) is 14.8. The van der Waals surface area contributed by atoms with Crippen LogP contribution in [0, 0.1) is 5.92 Å². The second-order valence-electron chi connectivity index (χ2n) is 12.0. The van der Waals surface area contributed by atoms with E-state index in [1.165, 1.54) is 65.6 Å². The van der Waals surface area contributed by atoms with Crippen LogP contribution in [0.2, 0.25) is 0 Å². The molecule has 4 saturated heterocycles. The van der Waals surface area contributed by atoms with Gasteiger partial charge < -0.3 is 24.6 Å². The summed E-state index contributed by atoms with van der Waals surface area (Å²) in [5.41, 5.74) is 0. The number of aliphatic hydroxyl groups is 2. The van der Waals surface area contributed by atoms with Gasteiger partial charge in [-0.25, -0.2) is 4.98 Å². The molecule has 0 radical (unpaired) electrons. The third-order valence-corrected chi connectivity index (χ3v) is 7.14. The van der Waals surface area contributed by atoms with Gasteiger partial charge in [-0.3, -0.25) is 24.5 Å². The number of aromatic nitrogens is 2. The van der Waals surface area contributed by atoms with E-state index in [2.05, 4.69) is 101 Å². The highest BCUT2D eigenvalue weighted by Crippen LogP contribution is 2.15. The van der Waals surface area contributed by atoms with Crippen LogP contribution in [0.1, 0.15) is 19.8 Å². The standard InChI is InChI=1S/C8H15N.C6H12N2.2C5H12N2.C4H6N2.C3H8O2/c1-3-8-4-6-9(2)7-5-8;1-3-8-5-4-7(2)6-8;2*1-6-3-4-7(2)5-6;1-6-3-2-5-4-6;1-3(5)2-4/h3,8H,1,4-7H2,2H3;3H,1,4-6H2,2H3;2*3-5H2,1-2H3;2-4H,1H3;3-5H,2H2,1H3. The fraction of sp³-hybridized carbons (Fsp3) is 0.774. The van der Waals surface area contributed by atoms with Crippen molar-refractivity contribution in [3.05, 3.63) is 44.2 Å². The summed E-state index contributed by atoms with van der Waals surface area (Å²) >= 11 is 0. The lowest BCUT2D eigenvalue weighted by Crippen LogP contribution is -2.29. The van der Waals surface area contributed by atoms with Crippen molar-refractivity contribution < 1.29 is 10.2 Å². The van der Waals surface area contributed by atoms with E-state index >= 15 is 0 Å². The van der Waals surface area contributed by atoms with E-state index in [-0.39, 0.29) is 6.61 Å². The highest BCUT2D eigenvalue weighted by atomic mass is 16.3. The second kappa shape index (κ2) is 24.6. The summed E-state index contributed by atoms with van der Waals surface area (Å²) < 4.78 is 1.89. The largest absolute Gasteiger partial charge is 0.394 e. The van der Waals surface area contributed by atoms with E-state index in [9.17, 15) is 0 Å². The molecule has 5 heterocycles. The molecule has 0 amide bonds. The van der Waals surface area contributed by atoms with Crippen molar-refractivity contribution >= 4 is 0 Å². The summed E-state index contributed by atoms with van der Waals surface area (Å²) in [5.74, 6) is 0.793. The van der Waals surface area contributed by atoms with Gasteiger partial charge in [0.05, 0.1) is 39.0 Å². The fourth-order valence-corrected chi connectivity index (χ4v) is 4.28. The number of nitrogens with zero attached hydrogens (tertiary/aromatic N) is 9. The summed E-state index contributed by atoms with van der Waals surface area (Å²) in [6.07, 6.45) is 11.4. The molecule has 5 rings (SSSR count). The Morgan fingerprint density at radius 3 is 1.36 bits per heavy atom. The zero-order valence-corrected chi connectivity index (χ0v) is 28.3. The number of likely N-dealkylation sites (tertiary alicyclic amines) is 1. The minimum Gasteiger partial charge on any atom is -0.394 e. The number of imidazole rings is 1. The Bertz CT molecular complexity index is 724. The van der Waals surface area contributed by atoms with Crippen LogP contribution < -0.4 is 0 Å². The van der Waals surface area contributed by atoms with E-state index in [0.717, 1.165) is 32.5 Å². The number of hydrogen-bond acceptors (Lipinski definition) is 10. The van der Waals surface area contributed by atoms with Gasteiger partial charge in [0.2, 0.25) is 0 Å². The summed E-state index contributed by atoms with van der Waals surface area (Å²) in [6.45, 7) is 21.9. The van der Waals surface area contributed by atoms with Crippen LogP contribution in [0.5, 0.6) is 0 Å². The second-order valence-corrected chi connectivity index (χ2v) is 12.0. The first-order valence-corrected chi connectivity index (χ1v) is 15.2. The average Bonchev–Trinajstić information content (AvgIpc) is 3.78. The number of likely N-dealkylation sites (N-methyl/N-ethyl adjacent to an activating group) is 5. The molecular weight excluding hydrogens is 530 g/mol. The molecule has 0 saturated carbocycles. The zero-order valence-electron chi connectivity index (χ0n) is 28.3. The highest BCUT2D eigenvalue weighted by molar-refractivity contribution is 4.83. The molecule has 4 fully saturated rings. The SMILES string of the molecule is C=CC1CCN(C)CC1.C=CN1CCN(C)C1.CC(O)CO.CN1CCN(C)C1.CN1CCN(C)C1.Cn1ccnc1. The van der Waals surface area contributed by atoms with Gasteiger partial charge in [0.25, 0.3) is 0 Å². The monoisotopic (exact) mass is 596 g/mol. The average molecular weight is 596 g/mol. The van der Waals surface area contributed by atoms with Crippen molar-refractivity contribution in [3.8, 4) is 0 Å². The summed E-state index contributed by atoms with van der Waals surface area (Å²) in [6, 6.07) is 0. The van der Waals surface area contributed by atoms with Crippen LogP contribution >= 0.6 is 0 Å². The zero-order chi connectivity index (χ0) is 31.9. The van der Waals surface area contributed by atoms with Gasteiger partial charge in [0.15, 0.2) is 0 Å². The van der Waals surface area contributed by atoms with E-state index in [4.69, 9.17) is 10.2 Å². The van der Waals surface area contributed by atoms with Crippen LogP contribution in [0.4, 0.5) is 0 Å². The molecule has 4 aliphatic rings. The van der Waals surface area contributed by atoms with Gasteiger partial charge in [-0.05, 0) is 87.3 Å². The van der Waals surface area contributed by atoms with Crippen molar-refractivity contribution in [1.82, 2.24) is 43.9 Å². The molecule has 246 valence electrons. The molecule has 11 heteroatoms. The van der Waals surface area contributed by atoms with Crippen molar-refractivity contribution in [3.63, 3.8) is 0 Å². The molecule has 42 heavy (non-hydrogen) atoms. The first-order valence-electron chi connectivity index (χ1n) is 15.2. The normalized spacial score (nSPS) is 21.2. The van der Waals surface area contributed by atoms with Gasteiger partial charge in [-0.1, -0.05) is 12.7 Å². The molecule has 1 atom stereocenters. The molecule has 1 aromatic heterocycles. The molecule has 4 aliphatic heterocycles. The summed E-state index contributed by atoms with van der Waals surface area (Å²) in [5, 5.41) is 16.0. The maximum Gasteiger partial charge on any atom is 0.0943 e. The first-order chi connectivity index (χ1) is 19.9.